The molecular weight excluding hydrogens is 276 g/mol. The van der Waals surface area contributed by atoms with Crippen molar-refractivity contribution < 1.29 is 14.7 Å². The van der Waals surface area contributed by atoms with Crippen LogP contribution in [-0.2, 0) is 9.59 Å². The van der Waals surface area contributed by atoms with Crippen molar-refractivity contribution >= 4 is 28.2 Å². The molecule has 110 valence electrons. The number of nitrogens with one attached hydrogen (secondary N) is 1. The van der Waals surface area contributed by atoms with Crippen molar-refractivity contribution in [3.63, 3.8) is 0 Å². The van der Waals surface area contributed by atoms with Gasteiger partial charge in [-0.25, -0.2) is 0 Å². The second-order valence-corrected chi connectivity index (χ2v) is 6.48. The molecular formula is C14H20N2O3S. The summed E-state index contributed by atoms with van der Waals surface area (Å²) in [6.07, 6.45) is 1.46. The van der Waals surface area contributed by atoms with Crippen LogP contribution in [0, 0.1) is 20.8 Å². The number of anilines is 1. The van der Waals surface area contributed by atoms with Crippen LogP contribution < -0.4 is 5.32 Å². The molecule has 0 bridgehead atoms. The average Bonchev–Trinajstić information content (AvgIpc) is 2.91. The number of carboxylic acid groups (broad SMARTS) is 1. The molecule has 0 radical (unpaired) electrons. The molecule has 1 amide bonds. The van der Waals surface area contributed by atoms with Crippen LogP contribution in [-0.4, -0.2) is 41.0 Å². The third kappa shape index (κ3) is 3.02. The van der Waals surface area contributed by atoms with Gasteiger partial charge >= 0.3 is 5.97 Å². The molecule has 1 fully saturated rings. The molecule has 1 aromatic heterocycles. The van der Waals surface area contributed by atoms with E-state index in [-0.39, 0.29) is 12.5 Å². The third-order valence-electron chi connectivity index (χ3n) is 3.93. The molecule has 1 atom stereocenters. The van der Waals surface area contributed by atoms with E-state index in [9.17, 15) is 9.59 Å². The lowest BCUT2D eigenvalue weighted by Crippen LogP contribution is -2.40. The van der Waals surface area contributed by atoms with Crippen LogP contribution in [0.3, 0.4) is 0 Å². The smallest absolute Gasteiger partial charge is 0.320 e. The largest absolute Gasteiger partial charge is 0.480 e. The van der Waals surface area contributed by atoms with Crippen molar-refractivity contribution in [3.8, 4) is 0 Å². The van der Waals surface area contributed by atoms with Crippen molar-refractivity contribution in [2.75, 3.05) is 18.4 Å². The Morgan fingerprint density at radius 2 is 2.05 bits per heavy atom. The van der Waals surface area contributed by atoms with Crippen molar-refractivity contribution in [2.24, 2.45) is 0 Å². The Labute approximate surface area is 122 Å². The number of amides is 1. The molecule has 2 rings (SSSR count). The maximum absolute atomic E-state index is 12.1. The van der Waals surface area contributed by atoms with Crippen LogP contribution in [0.1, 0.15) is 28.8 Å². The van der Waals surface area contributed by atoms with Crippen molar-refractivity contribution in [1.82, 2.24) is 4.90 Å². The van der Waals surface area contributed by atoms with Gasteiger partial charge in [-0.2, -0.15) is 0 Å². The predicted octanol–water partition coefficient (Wildman–Crippen LogP) is 2.16. The van der Waals surface area contributed by atoms with Gasteiger partial charge in [0.2, 0.25) is 5.91 Å². The molecule has 1 aliphatic rings. The number of hydrogen-bond donors (Lipinski definition) is 2. The van der Waals surface area contributed by atoms with E-state index in [1.807, 2.05) is 20.8 Å². The van der Waals surface area contributed by atoms with Gasteiger partial charge in [-0.3, -0.25) is 14.5 Å². The summed E-state index contributed by atoms with van der Waals surface area (Å²) >= 11 is 1.57. The molecule has 5 nitrogen and oxygen atoms in total. The van der Waals surface area contributed by atoms with E-state index >= 15 is 0 Å². The summed E-state index contributed by atoms with van der Waals surface area (Å²) in [6, 6.07) is -0.520. The van der Waals surface area contributed by atoms with Gasteiger partial charge in [0, 0.05) is 4.88 Å². The standard InChI is InChI=1S/C14H20N2O3S/c1-8-9(2)13(20-10(8)3)15-12(17)7-16-6-4-5-11(16)14(18)19/h11H,4-7H2,1-3H3,(H,15,17)(H,18,19)/t11-/m1/s1. The van der Waals surface area contributed by atoms with E-state index < -0.39 is 12.0 Å². The van der Waals surface area contributed by atoms with Crippen LogP contribution >= 0.6 is 11.3 Å². The minimum absolute atomic E-state index is 0.137. The lowest BCUT2D eigenvalue weighted by Gasteiger charge is -2.20. The highest BCUT2D eigenvalue weighted by Crippen LogP contribution is 2.31. The van der Waals surface area contributed by atoms with Gasteiger partial charge in [-0.05, 0) is 51.3 Å². The molecule has 0 aliphatic carbocycles. The third-order valence-corrected chi connectivity index (χ3v) is 5.16. The average molecular weight is 296 g/mol. The normalized spacial score (nSPS) is 19.2. The molecule has 2 N–H and O–H groups in total. The molecule has 6 heteroatoms. The van der Waals surface area contributed by atoms with E-state index in [1.54, 1.807) is 16.2 Å². The van der Waals surface area contributed by atoms with Gasteiger partial charge in [-0.1, -0.05) is 0 Å². The Morgan fingerprint density at radius 3 is 2.60 bits per heavy atom. The first kappa shape index (κ1) is 15.0. The monoisotopic (exact) mass is 296 g/mol. The van der Waals surface area contributed by atoms with E-state index in [0.29, 0.717) is 13.0 Å². The number of aryl methyl sites for hydroxylation is 1. The van der Waals surface area contributed by atoms with Gasteiger partial charge in [0.15, 0.2) is 0 Å². The van der Waals surface area contributed by atoms with Crippen LogP contribution in [0.2, 0.25) is 0 Å². The van der Waals surface area contributed by atoms with Crippen LogP contribution in [0.5, 0.6) is 0 Å². The Bertz CT molecular complexity index is 539. The summed E-state index contributed by atoms with van der Waals surface area (Å²) in [7, 11) is 0. The molecule has 0 spiro atoms. The molecule has 0 unspecified atom stereocenters. The van der Waals surface area contributed by atoms with Crippen LogP contribution in [0.15, 0.2) is 0 Å². The van der Waals surface area contributed by atoms with Crippen LogP contribution in [0.4, 0.5) is 5.00 Å². The summed E-state index contributed by atoms with van der Waals surface area (Å²) in [4.78, 5) is 26.1. The zero-order chi connectivity index (χ0) is 14.9. The highest BCUT2D eigenvalue weighted by Gasteiger charge is 2.31. The van der Waals surface area contributed by atoms with Gasteiger partial charge in [-0.15, -0.1) is 11.3 Å². The Hall–Kier alpha value is -1.40. The Kier molecular flexibility index (Phi) is 4.45. The van der Waals surface area contributed by atoms with Gasteiger partial charge < -0.3 is 10.4 Å². The first-order valence-corrected chi connectivity index (χ1v) is 7.55. The molecule has 2 heterocycles. The molecule has 1 saturated heterocycles. The number of thiophene rings is 1. The zero-order valence-electron chi connectivity index (χ0n) is 12.0. The predicted molar refractivity (Wildman–Crippen MR) is 79.4 cm³/mol. The summed E-state index contributed by atoms with van der Waals surface area (Å²) in [5, 5.41) is 12.9. The number of carboxylic acids is 1. The quantitative estimate of drug-likeness (QED) is 0.893. The maximum Gasteiger partial charge on any atom is 0.320 e. The second kappa shape index (κ2) is 5.93. The second-order valence-electron chi connectivity index (χ2n) is 5.25. The zero-order valence-corrected chi connectivity index (χ0v) is 12.8. The van der Waals surface area contributed by atoms with Gasteiger partial charge in [0.05, 0.1) is 11.5 Å². The molecule has 0 saturated carbocycles. The number of likely N-dealkylation sites (tertiary alicyclic amines) is 1. The highest BCUT2D eigenvalue weighted by atomic mass is 32.1. The SMILES string of the molecule is Cc1sc(NC(=O)CN2CCC[C@@H]2C(=O)O)c(C)c1C. The number of aliphatic carboxylic acids is 1. The Morgan fingerprint density at radius 1 is 1.35 bits per heavy atom. The number of nitrogens with zero attached hydrogens (tertiary/aromatic N) is 1. The van der Waals surface area contributed by atoms with E-state index in [0.717, 1.165) is 17.0 Å². The fourth-order valence-electron chi connectivity index (χ4n) is 2.51. The number of hydrogen-bond acceptors (Lipinski definition) is 4. The lowest BCUT2D eigenvalue weighted by atomic mass is 10.2. The topological polar surface area (TPSA) is 69.6 Å². The maximum atomic E-state index is 12.1. The highest BCUT2D eigenvalue weighted by molar-refractivity contribution is 7.16. The summed E-state index contributed by atoms with van der Waals surface area (Å²) in [5.74, 6) is -0.975. The number of carbonyl (C=O) groups excluding carboxylic acids is 1. The number of rotatable bonds is 4. The van der Waals surface area contributed by atoms with Gasteiger partial charge in [0.1, 0.15) is 6.04 Å². The number of carbonyl (C=O) groups is 2. The first-order valence-electron chi connectivity index (χ1n) is 6.73. The molecule has 20 heavy (non-hydrogen) atoms. The minimum atomic E-state index is -0.839. The summed E-state index contributed by atoms with van der Waals surface area (Å²) in [5.41, 5.74) is 2.30. The minimum Gasteiger partial charge on any atom is -0.480 e. The summed E-state index contributed by atoms with van der Waals surface area (Å²) < 4.78 is 0. The van der Waals surface area contributed by atoms with Crippen molar-refractivity contribution in [1.29, 1.82) is 0 Å². The van der Waals surface area contributed by atoms with E-state index in [4.69, 9.17) is 5.11 Å². The Balaban J connectivity index is 1.99. The molecule has 0 aromatic carbocycles. The van der Waals surface area contributed by atoms with E-state index in [2.05, 4.69) is 5.32 Å². The van der Waals surface area contributed by atoms with Crippen molar-refractivity contribution in [3.05, 3.63) is 16.0 Å². The van der Waals surface area contributed by atoms with Crippen molar-refractivity contribution in [2.45, 2.75) is 39.7 Å². The van der Waals surface area contributed by atoms with E-state index in [1.165, 1.54) is 10.4 Å². The molecule has 1 aliphatic heterocycles. The summed E-state index contributed by atoms with van der Waals surface area (Å²) in [6.45, 7) is 6.88. The first-order chi connectivity index (χ1) is 9.40. The van der Waals surface area contributed by atoms with Gasteiger partial charge in [0.25, 0.3) is 0 Å². The fourth-order valence-corrected chi connectivity index (χ4v) is 3.59. The van der Waals surface area contributed by atoms with Crippen LogP contribution in [0.25, 0.3) is 0 Å². The lowest BCUT2D eigenvalue weighted by molar-refractivity contribution is -0.142. The molecule has 1 aromatic rings. The fraction of sp³-hybridized carbons (Fsp3) is 0.571.